The fourth-order valence-electron chi connectivity index (χ4n) is 9.39. The second kappa shape index (κ2) is 17.9. The fraction of sp³-hybridized carbons (Fsp3) is 0.469. The number of imidazole rings is 2. The lowest BCUT2D eigenvalue weighted by Gasteiger charge is -2.37. The van der Waals surface area contributed by atoms with Crippen molar-refractivity contribution in [2.75, 3.05) is 20.8 Å². The van der Waals surface area contributed by atoms with Crippen molar-refractivity contribution in [3.05, 3.63) is 84.7 Å². The van der Waals surface area contributed by atoms with Crippen LogP contribution in [0.5, 0.6) is 0 Å². The first kappa shape index (κ1) is 43.5. The molecule has 1 aliphatic heterocycles. The number of carbonyl (C=O) groups excluding carboxylic acids is 4. The minimum Gasteiger partial charge on any atom is -0.453 e. The molecule has 1 spiro atoms. The van der Waals surface area contributed by atoms with Gasteiger partial charge in [0, 0.05) is 18.2 Å². The summed E-state index contributed by atoms with van der Waals surface area (Å²) in [5.74, 6) is 1.24. The second-order valence-corrected chi connectivity index (χ2v) is 18.1. The normalized spacial score (nSPS) is 18.0. The molecule has 2 saturated carbocycles. The number of hydrogen-bond donors (Lipinski definition) is 4. The second-order valence-electron chi connectivity index (χ2n) is 18.1. The van der Waals surface area contributed by atoms with Crippen molar-refractivity contribution in [3.63, 3.8) is 0 Å². The van der Waals surface area contributed by atoms with Crippen molar-refractivity contribution in [2.24, 2.45) is 17.3 Å². The highest BCUT2D eigenvalue weighted by Gasteiger charge is 2.55. The van der Waals surface area contributed by atoms with Gasteiger partial charge in [-0.15, -0.1) is 0 Å². The molecular formula is C49H60N8O6. The van der Waals surface area contributed by atoms with E-state index in [2.05, 4.69) is 95.1 Å². The average molecular weight is 857 g/mol. The van der Waals surface area contributed by atoms with Gasteiger partial charge in [0.15, 0.2) is 0 Å². The summed E-state index contributed by atoms with van der Waals surface area (Å²) >= 11 is 0. The predicted octanol–water partition coefficient (Wildman–Crippen LogP) is 8.93. The molecule has 14 nitrogen and oxygen atoms in total. The van der Waals surface area contributed by atoms with Crippen LogP contribution in [0.1, 0.15) is 103 Å². The van der Waals surface area contributed by atoms with Gasteiger partial charge in [-0.2, -0.15) is 0 Å². The number of fused-ring (bicyclic) bond motifs is 1. The number of alkyl carbamates (subject to hydrolysis) is 2. The molecule has 2 aliphatic carbocycles. The van der Waals surface area contributed by atoms with E-state index < -0.39 is 24.3 Å². The van der Waals surface area contributed by atoms with Crippen LogP contribution in [0.3, 0.4) is 0 Å². The van der Waals surface area contributed by atoms with Crippen LogP contribution in [0.25, 0.3) is 44.4 Å². The zero-order valence-corrected chi connectivity index (χ0v) is 37.4. The SMILES string of the molecule is CCC(CC)N(C(=O)[C@@H](NC(=O)OC)C1CC1)[C@@H](C)c1ncc(-c2ccc3cc(-c4ccc(-c5cnc([C@@H]6CC7(CC7)CN6C(=O)[C@@H](NC(=O)OC)C(C)C)[nH]5)cc4)ccc3c2)[nH]1. The van der Waals surface area contributed by atoms with Gasteiger partial charge in [0.25, 0.3) is 0 Å². The van der Waals surface area contributed by atoms with E-state index >= 15 is 0 Å². The Labute approximate surface area is 368 Å². The number of nitrogens with one attached hydrogen (secondary N) is 4. The first-order chi connectivity index (χ1) is 30.3. The van der Waals surface area contributed by atoms with Crippen molar-refractivity contribution >= 4 is 34.8 Å². The first-order valence-electron chi connectivity index (χ1n) is 22.4. The Balaban J connectivity index is 0.962. The van der Waals surface area contributed by atoms with E-state index in [1.165, 1.54) is 14.2 Å². The summed E-state index contributed by atoms with van der Waals surface area (Å²) in [5, 5.41) is 7.75. The quantitative estimate of drug-likeness (QED) is 0.0808. The van der Waals surface area contributed by atoms with Gasteiger partial charge in [0.2, 0.25) is 11.8 Å². The zero-order valence-electron chi connectivity index (χ0n) is 37.4. The Morgan fingerprint density at radius 2 is 1.38 bits per heavy atom. The minimum absolute atomic E-state index is 0.0181. The summed E-state index contributed by atoms with van der Waals surface area (Å²) < 4.78 is 9.69. The van der Waals surface area contributed by atoms with Gasteiger partial charge in [0.1, 0.15) is 23.7 Å². The number of ether oxygens (including phenoxy) is 2. The summed E-state index contributed by atoms with van der Waals surface area (Å²) in [6, 6.07) is 19.3. The Morgan fingerprint density at radius 1 is 0.794 bits per heavy atom. The van der Waals surface area contributed by atoms with E-state index in [9.17, 15) is 19.2 Å². The number of methoxy groups -OCH3 is 2. The molecule has 3 aliphatic rings. The lowest BCUT2D eigenvalue weighted by atomic mass is 9.98. The molecule has 332 valence electrons. The lowest BCUT2D eigenvalue weighted by Crippen LogP contribution is -2.53. The monoisotopic (exact) mass is 856 g/mol. The molecule has 63 heavy (non-hydrogen) atoms. The molecule has 4 amide bonds. The Morgan fingerprint density at radius 3 is 2.00 bits per heavy atom. The fourth-order valence-corrected chi connectivity index (χ4v) is 9.39. The van der Waals surface area contributed by atoms with E-state index in [0.29, 0.717) is 12.4 Å². The maximum Gasteiger partial charge on any atom is 0.407 e. The van der Waals surface area contributed by atoms with Crippen LogP contribution < -0.4 is 10.6 Å². The number of benzene rings is 3. The van der Waals surface area contributed by atoms with Crippen LogP contribution in [0.2, 0.25) is 0 Å². The molecule has 2 aromatic heterocycles. The van der Waals surface area contributed by atoms with E-state index in [-0.39, 0.29) is 47.2 Å². The number of rotatable bonds is 15. The van der Waals surface area contributed by atoms with Crippen molar-refractivity contribution in [1.29, 1.82) is 0 Å². The van der Waals surface area contributed by atoms with Crippen LogP contribution in [0.15, 0.2) is 73.1 Å². The van der Waals surface area contributed by atoms with Crippen molar-refractivity contribution in [2.45, 2.75) is 110 Å². The van der Waals surface area contributed by atoms with E-state index in [0.717, 1.165) is 95.2 Å². The molecule has 4 atom stereocenters. The van der Waals surface area contributed by atoms with E-state index in [1.807, 2.05) is 43.0 Å². The Hall–Kier alpha value is -6.18. The highest BCUT2D eigenvalue weighted by molar-refractivity contribution is 5.91. The number of aromatic nitrogens is 4. The van der Waals surface area contributed by atoms with E-state index in [4.69, 9.17) is 19.4 Å². The van der Waals surface area contributed by atoms with Gasteiger partial charge in [0.05, 0.1) is 50.1 Å². The number of amides is 4. The van der Waals surface area contributed by atoms with Crippen LogP contribution in [-0.2, 0) is 19.1 Å². The molecule has 1 saturated heterocycles. The smallest absolute Gasteiger partial charge is 0.407 e. The van der Waals surface area contributed by atoms with Crippen LogP contribution in [0, 0.1) is 17.3 Å². The molecular weight excluding hydrogens is 797 g/mol. The highest BCUT2D eigenvalue weighted by Crippen LogP contribution is 2.58. The largest absolute Gasteiger partial charge is 0.453 e. The Kier molecular flexibility index (Phi) is 12.3. The zero-order chi connectivity index (χ0) is 44.6. The maximum absolute atomic E-state index is 14.1. The van der Waals surface area contributed by atoms with Gasteiger partial charge < -0.3 is 39.9 Å². The van der Waals surface area contributed by atoms with Crippen LogP contribution in [-0.4, -0.2) is 92.6 Å². The van der Waals surface area contributed by atoms with Gasteiger partial charge in [-0.25, -0.2) is 19.6 Å². The summed E-state index contributed by atoms with van der Waals surface area (Å²) in [5.41, 5.74) is 6.02. The molecule has 3 fully saturated rings. The molecule has 5 aromatic rings. The standard InChI is InChI=1S/C49H60N8O6/c1-8-37(9-2)57(46(59)42(32-14-15-32)55-48(61)63-7)29(5)43-50-26-39(52-43)36-19-18-34-22-33(16-17-35(34)23-36)30-10-12-31(13-11-30)38-25-51-44(53-38)40-24-49(20-21-49)27-56(40)45(58)41(28(3)4)54-47(60)62-6/h10-13,16-19,22-23,25-26,28-29,32,37,40-42H,8-9,14-15,20-21,24,27H2,1-7H3,(H,50,52)(H,51,53)(H,54,60)(H,55,61)/t29-,40-,41-,42-/m0/s1. The molecule has 8 rings (SSSR count). The van der Waals surface area contributed by atoms with Crippen LogP contribution in [0.4, 0.5) is 9.59 Å². The third-order valence-electron chi connectivity index (χ3n) is 13.5. The molecule has 0 radical (unpaired) electrons. The van der Waals surface area contributed by atoms with Gasteiger partial charge in [-0.3, -0.25) is 9.59 Å². The summed E-state index contributed by atoms with van der Waals surface area (Å²) in [7, 11) is 2.62. The summed E-state index contributed by atoms with van der Waals surface area (Å²) in [4.78, 5) is 72.8. The molecule has 14 heteroatoms. The number of nitrogens with zero attached hydrogens (tertiary/aromatic N) is 4. The van der Waals surface area contributed by atoms with Crippen molar-refractivity contribution in [3.8, 4) is 33.6 Å². The average Bonchev–Trinajstić information content (AvgIpc) is 4.11. The number of carbonyl (C=O) groups is 4. The van der Waals surface area contributed by atoms with Gasteiger partial charge >= 0.3 is 12.2 Å². The molecule has 0 bridgehead atoms. The number of aromatic amines is 2. The van der Waals surface area contributed by atoms with Gasteiger partial charge in [-0.1, -0.05) is 76.2 Å². The third-order valence-corrected chi connectivity index (χ3v) is 13.5. The van der Waals surface area contributed by atoms with Crippen molar-refractivity contribution < 1.29 is 28.7 Å². The molecule has 3 heterocycles. The maximum atomic E-state index is 14.1. The lowest BCUT2D eigenvalue weighted by molar-refractivity contribution is -0.139. The highest BCUT2D eigenvalue weighted by atomic mass is 16.5. The number of likely N-dealkylation sites (tertiary alicyclic amines) is 1. The van der Waals surface area contributed by atoms with E-state index in [1.54, 1.807) is 0 Å². The third kappa shape index (κ3) is 9.03. The minimum atomic E-state index is -0.688. The molecule has 0 unspecified atom stereocenters. The molecule has 4 N–H and O–H groups in total. The van der Waals surface area contributed by atoms with Crippen LogP contribution >= 0.6 is 0 Å². The first-order valence-corrected chi connectivity index (χ1v) is 22.4. The van der Waals surface area contributed by atoms with Gasteiger partial charge in [-0.05, 0) is 109 Å². The summed E-state index contributed by atoms with van der Waals surface area (Å²) in [6.45, 7) is 10.7. The predicted molar refractivity (Wildman–Crippen MR) is 241 cm³/mol. The number of hydrogen-bond acceptors (Lipinski definition) is 8. The summed E-state index contributed by atoms with van der Waals surface area (Å²) in [6.07, 6.45) is 8.83. The number of H-pyrrole nitrogens is 2. The van der Waals surface area contributed by atoms with Crippen molar-refractivity contribution in [1.82, 2.24) is 40.4 Å². The topological polar surface area (TPSA) is 175 Å². The molecule has 3 aromatic carbocycles. The Bertz CT molecular complexity index is 2460.